The molecule has 0 aromatic rings. The SMILES string of the molecule is O=C(O)OC1CCCCCOC1. The maximum Gasteiger partial charge on any atom is 0.506 e. The standard InChI is InChI=1S/C8H14O4/c9-8(10)12-7-4-2-1-3-5-11-6-7/h7H,1-6H2,(H,9,10). The van der Waals surface area contributed by atoms with Crippen LogP contribution < -0.4 is 0 Å². The molecule has 0 bridgehead atoms. The van der Waals surface area contributed by atoms with Gasteiger partial charge >= 0.3 is 6.16 Å². The van der Waals surface area contributed by atoms with E-state index in [-0.39, 0.29) is 6.10 Å². The normalized spacial score (nSPS) is 25.5. The van der Waals surface area contributed by atoms with Crippen molar-refractivity contribution in [2.24, 2.45) is 0 Å². The van der Waals surface area contributed by atoms with Gasteiger partial charge in [-0.05, 0) is 19.3 Å². The Morgan fingerprint density at radius 3 is 3.00 bits per heavy atom. The summed E-state index contributed by atoms with van der Waals surface area (Å²) in [6.45, 7) is 1.13. The lowest BCUT2D eigenvalue weighted by molar-refractivity contribution is -0.0132. The van der Waals surface area contributed by atoms with Crippen molar-refractivity contribution in [1.29, 1.82) is 0 Å². The molecule has 0 aromatic carbocycles. The van der Waals surface area contributed by atoms with Crippen LogP contribution in [0.3, 0.4) is 0 Å². The molecule has 4 nitrogen and oxygen atoms in total. The van der Waals surface area contributed by atoms with E-state index in [2.05, 4.69) is 4.74 Å². The second-order valence-electron chi connectivity index (χ2n) is 2.93. The zero-order valence-electron chi connectivity index (χ0n) is 6.99. The van der Waals surface area contributed by atoms with E-state index in [1.54, 1.807) is 0 Å². The summed E-state index contributed by atoms with van der Waals surface area (Å²) >= 11 is 0. The molecule has 0 spiro atoms. The molecule has 1 N–H and O–H groups in total. The molecule has 0 aliphatic carbocycles. The van der Waals surface area contributed by atoms with Gasteiger partial charge in [-0.3, -0.25) is 0 Å². The van der Waals surface area contributed by atoms with Gasteiger partial charge in [0.1, 0.15) is 6.10 Å². The Hall–Kier alpha value is -0.770. The number of ether oxygens (including phenoxy) is 2. The molecule has 12 heavy (non-hydrogen) atoms. The van der Waals surface area contributed by atoms with Crippen molar-refractivity contribution in [2.75, 3.05) is 13.2 Å². The van der Waals surface area contributed by atoms with E-state index in [4.69, 9.17) is 9.84 Å². The molecule has 1 fully saturated rings. The minimum absolute atomic E-state index is 0.261. The molecule has 1 aliphatic heterocycles. The quantitative estimate of drug-likeness (QED) is 0.614. The lowest BCUT2D eigenvalue weighted by Gasteiger charge is -2.18. The molecule has 1 heterocycles. The van der Waals surface area contributed by atoms with Gasteiger partial charge in [0.15, 0.2) is 0 Å². The molecular formula is C8H14O4. The summed E-state index contributed by atoms with van der Waals surface area (Å²) in [7, 11) is 0. The number of carboxylic acid groups (broad SMARTS) is 1. The summed E-state index contributed by atoms with van der Waals surface area (Å²) in [6, 6.07) is 0. The van der Waals surface area contributed by atoms with Gasteiger partial charge in [-0.25, -0.2) is 4.79 Å². The first-order valence-corrected chi connectivity index (χ1v) is 4.26. The lowest BCUT2D eigenvalue weighted by atomic mass is 10.1. The van der Waals surface area contributed by atoms with Crippen LogP contribution in [0.15, 0.2) is 0 Å². The van der Waals surface area contributed by atoms with E-state index in [1.807, 2.05) is 0 Å². The van der Waals surface area contributed by atoms with E-state index in [9.17, 15) is 4.79 Å². The van der Waals surface area contributed by atoms with E-state index in [0.29, 0.717) is 6.61 Å². The lowest BCUT2D eigenvalue weighted by Crippen LogP contribution is -2.24. The molecule has 0 saturated carbocycles. The van der Waals surface area contributed by atoms with Crippen LogP contribution in [0.25, 0.3) is 0 Å². The van der Waals surface area contributed by atoms with Crippen LogP contribution in [-0.4, -0.2) is 30.6 Å². The molecule has 1 atom stereocenters. The highest BCUT2D eigenvalue weighted by Gasteiger charge is 2.15. The summed E-state index contributed by atoms with van der Waals surface area (Å²) in [6.07, 6.45) is 2.51. The predicted molar refractivity (Wildman–Crippen MR) is 42.2 cm³/mol. The minimum Gasteiger partial charge on any atom is -0.450 e. The Morgan fingerprint density at radius 2 is 2.25 bits per heavy atom. The first-order chi connectivity index (χ1) is 5.79. The first kappa shape index (κ1) is 9.32. The van der Waals surface area contributed by atoms with Gasteiger partial charge in [-0.15, -0.1) is 0 Å². The molecule has 1 unspecified atom stereocenters. The highest BCUT2D eigenvalue weighted by molar-refractivity contribution is 5.57. The van der Waals surface area contributed by atoms with Crippen LogP contribution in [0.5, 0.6) is 0 Å². The maximum absolute atomic E-state index is 10.2. The minimum atomic E-state index is -1.20. The fourth-order valence-electron chi connectivity index (χ4n) is 1.29. The molecule has 1 saturated heterocycles. The predicted octanol–water partition coefficient (Wildman–Crippen LogP) is 1.64. The molecule has 0 radical (unpaired) electrons. The van der Waals surface area contributed by atoms with Crippen molar-refractivity contribution < 1.29 is 19.4 Å². The van der Waals surface area contributed by atoms with E-state index in [1.165, 1.54) is 0 Å². The van der Waals surface area contributed by atoms with Gasteiger partial charge in [-0.2, -0.15) is 0 Å². The van der Waals surface area contributed by atoms with Crippen LogP contribution in [0, 0.1) is 0 Å². The number of rotatable bonds is 1. The summed E-state index contributed by atoms with van der Waals surface area (Å²) < 4.78 is 9.82. The number of hydrogen-bond donors (Lipinski definition) is 1. The Kier molecular flexibility index (Phi) is 3.87. The summed E-state index contributed by atoms with van der Waals surface area (Å²) in [5.74, 6) is 0. The first-order valence-electron chi connectivity index (χ1n) is 4.26. The van der Waals surface area contributed by atoms with Gasteiger partial charge in [-0.1, -0.05) is 6.42 Å². The molecule has 0 amide bonds. The fourth-order valence-corrected chi connectivity index (χ4v) is 1.29. The highest BCUT2D eigenvalue weighted by atomic mass is 16.7. The maximum atomic E-state index is 10.2. The Balaban J connectivity index is 2.24. The Morgan fingerprint density at radius 1 is 1.42 bits per heavy atom. The topological polar surface area (TPSA) is 55.8 Å². The largest absolute Gasteiger partial charge is 0.506 e. The third kappa shape index (κ3) is 3.57. The van der Waals surface area contributed by atoms with Crippen LogP contribution in [0.2, 0.25) is 0 Å². The highest BCUT2D eigenvalue weighted by Crippen LogP contribution is 2.11. The van der Waals surface area contributed by atoms with Crippen molar-refractivity contribution >= 4 is 6.16 Å². The molecule has 4 heteroatoms. The van der Waals surface area contributed by atoms with Crippen molar-refractivity contribution in [2.45, 2.75) is 31.8 Å². The third-order valence-corrected chi connectivity index (χ3v) is 1.89. The van der Waals surface area contributed by atoms with Crippen molar-refractivity contribution in [1.82, 2.24) is 0 Å². The second kappa shape index (κ2) is 4.98. The zero-order valence-corrected chi connectivity index (χ0v) is 6.99. The summed E-state index contributed by atoms with van der Waals surface area (Å²) in [4.78, 5) is 10.2. The summed E-state index contributed by atoms with van der Waals surface area (Å²) in [5, 5.41) is 8.35. The van der Waals surface area contributed by atoms with Gasteiger partial charge < -0.3 is 14.6 Å². The van der Waals surface area contributed by atoms with Crippen LogP contribution in [-0.2, 0) is 9.47 Å². The fraction of sp³-hybridized carbons (Fsp3) is 0.875. The zero-order chi connectivity index (χ0) is 8.81. The number of carbonyl (C=O) groups is 1. The van der Waals surface area contributed by atoms with Gasteiger partial charge in [0.2, 0.25) is 0 Å². The van der Waals surface area contributed by atoms with E-state index < -0.39 is 6.16 Å². The smallest absolute Gasteiger partial charge is 0.450 e. The number of hydrogen-bond acceptors (Lipinski definition) is 3. The van der Waals surface area contributed by atoms with E-state index >= 15 is 0 Å². The molecule has 70 valence electrons. The second-order valence-corrected chi connectivity index (χ2v) is 2.93. The Bertz CT molecular complexity index is 138. The molecule has 1 rings (SSSR count). The van der Waals surface area contributed by atoms with Gasteiger partial charge in [0.05, 0.1) is 6.61 Å². The van der Waals surface area contributed by atoms with Crippen molar-refractivity contribution in [3.8, 4) is 0 Å². The molecule has 1 aliphatic rings. The van der Waals surface area contributed by atoms with Gasteiger partial charge in [0.25, 0.3) is 0 Å². The molecule has 0 aromatic heterocycles. The van der Waals surface area contributed by atoms with Crippen LogP contribution >= 0.6 is 0 Å². The Labute approximate surface area is 71.5 Å². The third-order valence-electron chi connectivity index (χ3n) is 1.89. The average molecular weight is 174 g/mol. The van der Waals surface area contributed by atoms with Crippen LogP contribution in [0.4, 0.5) is 4.79 Å². The monoisotopic (exact) mass is 174 g/mol. The van der Waals surface area contributed by atoms with E-state index in [0.717, 1.165) is 32.3 Å². The summed E-state index contributed by atoms with van der Waals surface area (Å²) in [5.41, 5.74) is 0. The van der Waals surface area contributed by atoms with Crippen molar-refractivity contribution in [3.63, 3.8) is 0 Å². The molecular weight excluding hydrogens is 160 g/mol. The van der Waals surface area contributed by atoms with Crippen molar-refractivity contribution in [3.05, 3.63) is 0 Å². The van der Waals surface area contributed by atoms with Crippen LogP contribution in [0.1, 0.15) is 25.7 Å². The van der Waals surface area contributed by atoms with Gasteiger partial charge in [0, 0.05) is 6.61 Å². The average Bonchev–Trinajstić information content (AvgIpc) is 1.93.